The molecule has 1 saturated heterocycles. The van der Waals surface area contributed by atoms with Gasteiger partial charge in [-0.05, 0) is 0 Å². The van der Waals surface area contributed by atoms with Crippen LogP contribution in [0.15, 0.2) is 0 Å². The van der Waals surface area contributed by atoms with Crippen molar-refractivity contribution < 1.29 is 29.0 Å². The summed E-state index contributed by atoms with van der Waals surface area (Å²) in [5.74, 6) is -2.01. The van der Waals surface area contributed by atoms with Gasteiger partial charge >= 0.3 is 12.0 Å². The molecule has 1 rings (SSSR count). The minimum atomic E-state index is -1.23. The predicted octanol–water partition coefficient (Wildman–Crippen LogP) is -1.63. The molecule has 4 N–H and O–H groups in total. The first-order chi connectivity index (χ1) is 9.38. The molecule has 1 aliphatic rings. The van der Waals surface area contributed by atoms with E-state index in [1.165, 1.54) is 7.11 Å². The Labute approximate surface area is 116 Å². The molecular formula is C11H19N3O6. The third-order valence-electron chi connectivity index (χ3n) is 3.02. The highest BCUT2D eigenvalue weighted by Crippen LogP contribution is 2.21. The maximum absolute atomic E-state index is 11.9. The molecule has 0 radical (unpaired) electrons. The lowest BCUT2D eigenvalue weighted by Crippen LogP contribution is -2.51. The zero-order valence-electron chi connectivity index (χ0n) is 11.3. The number of nitrogens with zero attached hydrogens (tertiary/aromatic N) is 1. The molecular weight excluding hydrogens is 270 g/mol. The van der Waals surface area contributed by atoms with Crippen molar-refractivity contribution in [2.24, 2.45) is 5.73 Å². The number of hydrogen-bond donors (Lipinski definition) is 3. The summed E-state index contributed by atoms with van der Waals surface area (Å²) in [6.45, 7) is -0.0283. The number of aliphatic carboxylic acids is 1. The third-order valence-corrected chi connectivity index (χ3v) is 3.02. The summed E-state index contributed by atoms with van der Waals surface area (Å²) in [5.41, 5.74) is 4.37. The van der Waals surface area contributed by atoms with E-state index < -0.39 is 36.6 Å². The van der Waals surface area contributed by atoms with Crippen LogP contribution in [-0.4, -0.2) is 73.5 Å². The number of nitrogens with one attached hydrogen (secondary N) is 1. The number of carbonyl (C=O) groups excluding carboxylic acids is 2. The van der Waals surface area contributed by atoms with Gasteiger partial charge in [0.25, 0.3) is 0 Å². The smallest absolute Gasteiger partial charge is 0.323 e. The van der Waals surface area contributed by atoms with Gasteiger partial charge in [0.15, 0.2) is 0 Å². The van der Waals surface area contributed by atoms with E-state index in [2.05, 4.69) is 5.32 Å². The van der Waals surface area contributed by atoms with Gasteiger partial charge in [-0.1, -0.05) is 0 Å². The lowest BCUT2D eigenvalue weighted by atomic mass is 10.0. The van der Waals surface area contributed by atoms with Gasteiger partial charge in [-0.25, -0.2) is 4.79 Å². The molecule has 114 valence electrons. The summed E-state index contributed by atoms with van der Waals surface area (Å²) >= 11 is 0. The fraction of sp³-hybridized carbons (Fsp3) is 0.727. The molecule has 0 saturated carbocycles. The van der Waals surface area contributed by atoms with Crippen molar-refractivity contribution in [1.82, 2.24) is 10.2 Å². The molecule has 1 unspecified atom stereocenters. The molecule has 9 heteroatoms. The quantitative estimate of drug-likeness (QED) is 0.516. The van der Waals surface area contributed by atoms with Crippen LogP contribution in [0.4, 0.5) is 4.79 Å². The Morgan fingerprint density at radius 3 is 2.60 bits per heavy atom. The normalized spacial score (nSPS) is 21.4. The minimum absolute atomic E-state index is 0.164. The van der Waals surface area contributed by atoms with E-state index in [0.29, 0.717) is 19.6 Å². The molecule has 0 aliphatic carbocycles. The van der Waals surface area contributed by atoms with Crippen LogP contribution in [0, 0.1) is 0 Å². The molecule has 0 bridgehead atoms. The van der Waals surface area contributed by atoms with Gasteiger partial charge in [0.05, 0.1) is 13.2 Å². The largest absolute Gasteiger partial charge is 0.480 e. The summed E-state index contributed by atoms with van der Waals surface area (Å²) in [6, 6.07) is -0.686. The lowest BCUT2D eigenvalue weighted by molar-refractivity contribution is -0.137. The zero-order valence-corrected chi connectivity index (χ0v) is 11.3. The Morgan fingerprint density at radius 1 is 1.45 bits per heavy atom. The average molecular weight is 289 g/mol. The van der Waals surface area contributed by atoms with Crippen molar-refractivity contribution in [2.45, 2.75) is 12.0 Å². The number of nitrogens with two attached hydrogens (primary N) is 1. The van der Waals surface area contributed by atoms with Crippen LogP contribution in [-0.2, 0) is 19.1 Å². The fourth-order valence-corrected chi connectivity index (χ4v) is 1.86. The number of carboxylic acids is 1. The van der Waals surface area contributed by atoms with Gasteiger partial charge < -0.3 is 30.5 Å². The summed E-state index contributed by atoms with van der Waals surface area (Å²) < 4.78 is 10.5. The number of rotatable bonds is 7. The first-order valence-electron chi connectivity index (χ1n) is 6.04. The number of primary amides is 1. The standard InChI is InChI=1S/C11H19N3O6/c1-19-11(2-3-20-7-11)6-13-10(18)14(4-8(12)15)5-9(16)17/h2-7H2,1H3,(H2,12,15)(H,13,18)(H,16,17). The van der Waals surface area contributed by atoms with Crippen LogP contribution in [0.3, 0.4) is 0 Å². The first-order valence-corrected chi connectivity index (χ1v) is 6.04. The molecule has 3 amide bonds. The molecule has 0 aromatic carbocycles. The fourth-order valence-electron chi connectivity index (χ4n) is 1.86. The van der Waals surface area contributed by atoms with Crippen LogP contribution in [0.1, 0.15) is 6.42 Å². The third kappa shape index (κ3) is 4.67. The van der Waals surface area contributed by atoms with Crippen molar-refractivity contribution >= 4 is 17.9 Å². The molecule has 20 heavy (non-hydrogen) atoms. The van der Waals surface area contributed by atoms with Crippen molar-refractivity contribution in [3.05, 3.63) is 0 Å². The number of carbonyl (C=O) groups is 3. The summed E-state index contributed by atoms with van der Waals surface area (Å²) in [6.07, 6.45) is 0.624. The average Bonchev–Trinajstić information content (AvgIpc) is 2.83. The van der Waals surface area contributed by atoms with E-state index in [0.717, 1.165) is 4.90 Å². The highest BCUT2D eigenvalue weighted by atomic mass is 16.5. The van der Waals surface area contributed by atoms with Gasteiger partial charge in [-0.2, -0.15) is 0 Å². The Hall–Kier alpha value is -1.87. The van der Waals surface area contributed by atoms with Gasteiger partial charge in [-0.3, -0.25) is 9.59 Å². The van der Waals surface area contributed by atoms with Gasteiger partial charge in [-0.15, -0.1) is 0 Å². The number of urea groups is 1. The predicted molar refractivity (Wildman–Crippen MR) is 67.0 cm³/mol. The van der Waals surface area contributed by atoms with E-state index in [-0.39, 0.29) is 6.54 Å². The van der Waals surface area contributed by atoms with Crippen LogP contribution in [0.5, 0.6) is 0 Å². The molecule has 1 heterocycles. The van der Waals surface area contributed by atoms with E-state index >= 15 is 0 Å². The van der Waals surface area contributed by atoms with Crippen molar-refractivity contribution in [3.63, 3.8) is 0 Å². The monoisotopic (exact) mass is 289 g/mol. The van der Waals surface area contributed by atoms with Crippen LogP contribution in [0.25, 0.3) is 0 Å². The number of carboxylic acid groups (broad SMARTS) is 1. The van der Waals surface area contributed by atoms with E-state index in [1.54, 1.807) is 0 Å². The van der Waals surface area contributed by atoms with Crippen LogP contribution >= 0.6 is 0 Å². The summed E-state index contributed by atoms with van der Waals surface area (Å²) in [4.78, 5) is 34.2. The molecule has 9 nitrogen and oxygen atoms in total. The Balaban J connectivity index is 2.56. The number of amides is 3. The van der Waals surface area contributed by atoms with Gasteiger partial charge in [0, 0.05) is 20.1 Å². The molecule has 0 aromatic rings. The summed E-state index contributed by atoms with van der Waals surface area (Å²) in [5, 5.41) is 11.2. The number of ether oxygens (including phenoxy) is 2. The van der Waals surface area contributed by atoms with Gasteiger partial charge in [0.1, 0.15) is 18.7 Å². The van der Waals surface area contributed by atoms with Crippen molar-refractivity contribution in [3.8, 4) is 0 Å². The Kier molecular flexibility index (Phi) is 5.71. The second-order valence-electron chi connectivity index (χ2n) is 4.56. The van der Waals surface area contributed by atoms with Crippen LogP contribution < -0.4 is 11.1 Å². The van der Waals surface area contributed by atoms with Crippen LogP contribution in [0.2, 0.25) is 0 Å². The number of methoxy groups -OCH3 is 1. The topological polar surface area (TPSA) is 131 Å². The van der Waals surface area contributed by atoms with Crippen molar-refractivity contribution in [2.75, 3.05) is 40.0 Å². The maximum Gasteiger partial charge on any atom is 0.323 e. The number of hydrogen-bond acceptors (Lipinski definition) is 5. The Morgan fingerprint density at radius 2 is 2.15 bits per heavy atom. The first kappa shape index (κ1) is 16.2. The van der Waals surface area contributed by atoms with E-state index in [1.807, 2.05) is 0 Å². The second-order valence-corrected chi connectivity index (χ2v) is 4.56. The van der Waals surface area contributed by atoms with E-state index in [9.17, 15) is 14.4 Å². The highest BCUT2D eigenvalue weighted by Gasteiger charge is 2.35. The SMILES string of the molecule is COC1(CNC(=O)N(CC(N)=O)CC(=O)O)CCOC1. The second kappa shape index (κ2) is 7.06. The van der Waals surface area contributed by atoms with Crippen molar-refractivity contribution in [1.29, 1.82) is 0 Å². The highest BCUT2D eigenvalue weighted by molar-refractivity contribution is 5.85. The van der Waals surface area contributed by atoms with Gasteiger partial charge in [0.2, 0.25) is 5.91 Å². The Bertz CT molecular complexity index is 364. The molecule has 0 aromatic heterocycles. The zero-order chi connectivity index (χ0) is 15.2. The van der Waals surface area contributed by atoms with E-state index in [4.69, 9.17) is 20.3 Å². The molecule has 1 fully saturated rings. The summed E-state index contributed by atoms with van der Waals surface area (Å²) in [7, 11) is 1.51. The minimum Gasteiger partial charge on any atom is -0.480 e. The molecule has 1 atom stereocenters. The molecule has 1 aliphatic heterocycles. The lowest BCUT2D eigenvalue weighted by Gasteiger charge is -2.27. The maximum atomic E-state index is 11.9. The molecule has 0 spiro atoms.